The van der Waals surface area contributed by atoms with E-state index in [1.807, 2.05) is 96.1 Å². The molecule has 0 radical (unpaired) electrons. The summed E-state index contributed by atoms with van der Waals surface area (Å²) in [6, 6.07) is 15.6. The molecular weight excluding hydrogens is 490 g/mol. The molecule has 0 spiro atoms. The van der Waals surface area contributed by atoms with Gasteiger partial charge in [0.1, 0.15) is 17.7 Å². The van der Waals surface area contributed by atoms with Crippen LogP contribution in [0, 0.1) is 12.8 Å². The molecule has 39 heavy (non-hydrogen) atoms. The van der Waals surface area contributed by atoms with Crippen LogP contribution in [0.5, 0.6) is 0 Å². The Morgan fingerprint density at radius 1 is 0.923 bits per heavy atom. The summed E-state index contributed by atoms with van der Waals surface area (Å²) in [6.07, 6.45) is 0.602. The molecule has 7 heteroatoms. The molecule has 2 aromatic carbocycles. The second-order valence-corrected chi connectivity index (χ2v) is 11.8. The Hall–Kier alpha value is -3.35. The molecular formula is C32H47N3O4. The molecule has 0 fully saturated rings. The monoisotopic (exact) mass is 537 g/mol. The average Bonchev–Trinajstić information content (AvgIpc) is 2.88. The smallest absolute Gasteiger partial charge is 0.408 e. The van der Waals surface area contributed by atoms with Gasteiger partial charge in [-0.05, 0) is 70.6 Å². The molecule has 0 saturated carbocycles. The molecule has 0 heterocycles. The van der Waals surface area contributed by atoms with E-state index in [2.05, 4.69) is 10.6 Å². The lowest BCUT2D eigenvalue weighted by atomic mass is 9.88. The van der Waals surface area contributed by atoms with Gasteiger partial charge in [0, 0.05) is 12.1 Å². The largest absolute Gasteiger partial charge is 0.444 e. The molecule has 0 saturated heterocycles. The molecule has 3 amide bonds. The number of hydrogen-bond acceptors (Lipinski definition) is 4. The van der Waals surface area contributed by atoms with E-state index in [1.165, 1.54) is 0 Å². The van der Waals surface area contributed by atoms with Gasteiger partial charge in [0.25, 0.3) is 0 Å². The molecule has 0 aliphatic heterocycles. The van der Waals surface area contributed by atoms with Crippen molar-refractivity contribution >= 4 is 17.9 Å². The van der Waals surface area contributed by atoms with E-state index in [-0.39, 0.29) is 17.7 Å². The summed E-state index contributed by atoms with van der Waals surface area (Å²) < 4.78 is 5.50. The molecule has 3 unspecified atom stereocenters. The number of alkyl carbamates (subject to hydrolysis) is 1. The van der Waals surface area contributed by atoms with Crippen molar-refractivity contribution in [1.29, 1.82) is 0 Å². The summed E-state index contributed by atoms with van der Waals surface area (Å²) >= 11 is 0. The van der Waals surface area contributed by atoms with E-state index >= 15 is 0 Å². The minimum atomic E-state index is -0.899. The van der Waals surface area contributed by atoms with Gasteiger partial charge in [0.05, 0.1) is 0 Å². The molecule has 214 valence electrons. The molecule has 0 aliphatic rings. The van der Waals surface area contributed by atoms with Crippen molar-refractivity contribution in [3.05, 3.63) is 71.3 Å². The lowest BCUT2D eigenvalue weighted by Crippen LogP contribution is -2.60. The van der Waals surface area contributed by atoms with Crippen LogP contribution in [0.1, 0.15) is 91.0 Å². The summed E-state index contributed by atoms with van der Waals surface area (Å²) in [7, 11) is 0. The van der Waals surface area contributed by atoms with Crippen molar-refractivity contribution in [3.63, 3.8) is 0 Å². The van der Waals surface area contributed by atoms with Gasteiger partial charge in [0.2, 0.25) is 11.8 Å². The molecule has 7 nitrogen and oxygen atoms in total. The highest BCUT2D eigenvalue weighted by Crippen LogP contribution is 2.34. The summed E-state index contributed by atoms with van der Waals surface area (Å²) in [5.74, 6) is -0.779. The molecule has 2 N–H and O–H groups in total. The van der Waals surface area contributed by atoms with Crippen molar-refractivity contribution in [2.45, 2.75) is 105 Å². The van der Waals surface area contributed by atoms with Crippen molar-refractivity contribution < 1.29 is 19.1 Å². The number of rotatable bonds is 11. The lowest BCUT2D eigenvalue weighted by molar-refractivity contribution is -0.150. The van der Waals surface area contributed by atoms with E-state index in [1.54, 1.807) is 25.7 Å². The number of nitrogens with one attached hydrogen (secondary N) is 2. The van der Waals surface area contributed by atoms with E-state index in [9.17, 15) is 14.4 Å². The van der Waals surface area contributed by atoms with Crippen molar-refractivity contribution in [1.82, 2.24) is 15.5 Å². The fourth-order valence-corrected chi connectivity index (χ4v) is 4.39. The van der Waals surface area contributed by atoms with Gasteiger partial charge in [-0.25, -0.2) is 4.79 Å². The van der Waals surface area contributed by atoms with Gasteiger partial charge in [-0.3, -0.25) is 9.59 Å². The number of amides is 3. The Labute approximate surface area is 234 Å². The molecule has 2 rings (SSSR count). The maximum atomic E-state index is 14.5. The summed E-state index contributed by atoms with van der Waals surface area (Å²) in [4.78, 5) is 43.1. The second kappa shape index (κ2) is 13.6. The minimum Gasteiger partial charge on any atom is -0.444 e. The SMILES string of the molecule is CCC(C)C(NC(=O)OC(C)(C)C)C(=O)N(C(C(=O)NCc1ccccc1)c1ccccc1C)C(C)(C)CC. The number of benzene rings is 2. The maximum absolute atomic E-state index is 14.5. The molecule has 0 aromatic heterocycles. The first kappa shape index (κ1) is 31.9. The maximum Gasteiger partial charge on any atom is 0.408 e. The Morgan fingerprint density at radius 3 is 2.05 bits per heavy atom. The molecule has 3 atom stereocenters. The zero-order chi connectivity index (χ0) is 29.4. The number of ether oxygens (including phenoxy) is 1. The van der Waals surface area contributed by atoms with Crippen LogP contribution in [0.3, 0.4) is 0 Å². The third-order valence-corrected chi connectivity index (χ3v) is 7.21. The zero-order valence-electron chi connectivity index (χ0n) is 25.1. The molecule has 0 bridgehead atoms. The van der Waals surface area contributed by atoms with Gasteiger partial charge < -0.3 is 20.3 Å². The van der Waals surface area contributed by atoms with Crippen LogP contribution in [0.15, 0.2) is 54.6 Å². The summed E-state index contributed by atoms with van der Waals surface area (Å²) in [5.41, 5.74) is 1.21. The van der Waals surface area contributed by atoms with Gasteiger partial charge >= 0.3 is 6.09 Å². The highest BCUT2D eigenvalue weighted by atomic mass is 16.6. The Balaban J connectivity index is 2.60. The minimum absolute atomic E-state index is 0.190. The summed E-state index contributed by atoms with van der Waals surface area (Å²) in [6.45, 7) is 17.4. The van der Waals surface area contributed by atoms with Crippen molar-refractivity contribution in [2.24, 2.45) is 5.92 Å². The Bertz CT molecular complexity index is 1110. The average molecular weight is 538 g/mol. The van der Waals surface area contributed by atoms with Crippen LogP contribution in [0.4, 0.5) is 4.79 Å². The van der Waals surface area contributed by atoms with E-state index in [0.29, 0.717) is 19.4 Å². The fourth-order valence-electron chi connectivity index (χ4n) is 4.39. The standard InChI is InChI=1S/C32H47N3O4/c1-10-22(3)26(34-30(38)39-31(5,6)7)29(37)35(32(8,9)11-2)27(25-20-16-15-17-23(25)4)28(36)33-21-24-18-13-12-14-19-24/h12-20,22,26-27H,10-11,21H2,1-9H3,(H,33,36)(H,34,38). The first-order valence-electron chi connectivity index (χ1n) is 13.9. The highest BCUT2D eigenvalue weighted by Gasteiger charge is 2.44. The predicted molar refractivity (Wildman–Crippen MR) is 156 cm³/mol. The van der Waals surface area contributed by atoms with Crippen LogP contribution in [0.25, 0.3) is 0 Å². The first-order chi connectivity index (χ1) is 18.2. The van der Waals surface area contributed by atoms with E-state index < -0.39 is 29.3 Å². The first-order valence-corrected chi connectivity index (χ1v) is 13.9. The van der Waals surface area contributed by atoms with Gasteiger partial charge in [-0.15, -0.1) is 0 Å². The van der Waals surface area contributed by atoms with Gasteiger partial charge in [-0.1, -0.05) is 81.8 Å². The van der Waals surface area contributed by atoms with Crippen LogP contribution in [-0.4, -0.2) is 40.0 Å². The molecule has 0 aliphatic carbocycles. The van der Waals surface area contributed by atoms with Crippen molar-refractivity contribution in [3.8, 4) is 0 Å². The van der Waals surface area contributed by atoms with Crippen LogP contribution >= 0.6 is 0 Å². The number of carbonyl (C=O) groups is 3. The van der Waals surface area contributed by atoms with E-state index in [0.717, 1.165) is 16.7 Å². The van der Waals surface area contributed by atoms with Gasteiger partial charge in [0.15, 0.2) is 0 Å². The third kappa shape index (κ3) is 8.84. The number of carbonyl (C=O) groups excluding carboxylic acids is 3. The second-order valence-electron chi connectivity index (χ2n) is 11.8. The fraction of sp³-hybridized carbons (Fsp3) is 0.531. The summed E-state index contributed by atoms with van der Waals surface area (Å²) in [5, 5.41) is 5.90. The number of hydrogen-bond donors (Lipinski definition) is 2. The number of nitrogens with zero attached hydrogens (tertiary/aromatic N) is 1. The predicted octanol–water partition coefficient (Wildman–Crippen LogP) is 6.31. The van der Waals surface area contributed by atoms with Crippen LogP contribution in [0.2, 0.25) is 0 Å². The van der Waals surface area contributed by atoms with Crippen LogP contribution in [-0.2, 0) is 20.9 Å². The van der Waals surface area contributed by atoms with Crippen LogP contribution < -0.4 is 10.6 Å². The normalized spacial score (nSPS) is 14.1. The topological polar surface area (TPSA) is 87.7 Å². The quantitative estimate of drug-likeness (QED) is 0.352. The van der Waals surface area contributed by atoms with Gasteiger partial charge in [-0.2, -0.15) is 0 Å². The Morgan fingerprint density at radius 2 is 1.51 bits per heavy atom. The zero-order valence-corrected chi connectivity index (χ0v) is 25.1. The lowest BCUT2D eigenvalue weighted by Gasteiger charge is -2.45. The Kier molecular flexibility index (Phi) is 11.1. The number of aryl methyl sites for hydroxylation is 1. The van der Waals surface area contributed by atoms with Crippen molar-refractivity contribution in [2.75, 3.05) is 0 Å². The third-order valence-electron chi connectivity index (χ3n) is 7.21. The van der Waals surface area contributed by atoms with E-state index in [4.69, 9.17) is 4.74 Å². The molecule has 2 aromatic rings. The highest BCUT2D eigenvalue weighted by molar-refractivity contribution is 5.93.